The monoisotopic (exact) mass is 551 g/mol. The van der Waals surface area contributed by atoms with E-state index in [0.29, 0.717) is 12.6 Å². The number of thiophene rings is 1. The lowest BCUT2D eigenvalue weighted by molar-refractivity contribution is 0.249. The molecule has 0 radical (unpaired) electrons. The van der Waals surface area contributed by atoms with Crippen molar-refractivity contribution in [1.29, 1.82) is 0 Å². The molecule has 31 heavy (non-hydrogen) atoms. The lowest BCUT2D eigenvalue weighted by atomic mass is 10.2. The summed E-state index contributed by atoms with van der Waals surface area (Å²) in [6.07, 6.45) is 8.03. The number of nitrogens with one attached hydrogen (secondary N) is 2. The molecule has 1 aliphatic heterocycles. The van der Waals surface area contributed by atoms with E-state index in [1.165, 1.54) is 30.8 Å². The molecule has 0 aliphatic carbocycles. The number of guanidine groups is 1. The second kappa shape index (κ2) is 12.2. The zero-order valence-electron chi connectivity index (χ0n) is 17.8. The molecule has 0 aromatic carbocycles. The number of hydrogen-bond acceptors (Lipinski definition) is 5. The molecule has 0 saturated carbocycles. The molecule has 2 N–H and O–H groups in total. The summed E-state index contributed by atoms with van der Waals surface area (Å²) in [7, 11) is 0. The van der Waals surface area contributed by atoms with Gasteiger partial charge in [-0.2, -0.15) is 5.10 Å². The number of rotatable bonds is 8. The van der Waals surface area contributed by atoms with Gasteiger partial charge in [0.2, 0.25) is 0 Å². The molecule has 1 unspecified atom stereocenters. The predicted molar refractivity (Wildman–Crippen MR) is 137 cm³/mol. The maximum Gasteiger partial charge on any atom is 0.191 e. The van der Waals surface area contributed by atoms with Crippen molar-refractivity contribution in [3.05, 3.63) is 64.7 Å². The SMILES string of the molecule is CCNC(=NCc1ccnc(-n2cccn2)c1)NCC(c1cccs1)N1CCCC1.I. The standard InChI is InChI=1S/C22H29N7S.HI/c1-2-23-22(25-16-18-8-10-24-21(15-18)29-13-6-9-27-29)26-17-19(20-7-5-14-30-20)28-11-3-4-12-28;/h5-10,13-15,19H,2-4,11-12,16-17H2,1H3,(H2,23,25,26);1H. The molecule has 4 heterocycles. The molecule has 1 fully saturated rings. The number of hydrogen-bond donors (Lipinski definition) is 2. The minimum atomic E-state index is 0. The average molecular weight is 552 g/mol. The number of aliphatic imine (C=N–C) groups is 1. The zero-order valence-corrected chi connectivity index (χ0v) is 20.9. The van der Waals surface area contributed by atoms with Crippen molar-refractivity contribution >= 4 is 41.3 Å². The smallest absolute Gasteiger partial charge is 0.191 e. The first kappa shape index (κ1) is 23.7. The molecule has 1 aliphatic rings. The molecule has 0 spiro atoms. The summed E-state index contributed by atoms with van der Waals surface area (Å²) in [4.78, 5) is 13.2. The Hall–Kier alpha value is -1.98. The molecule has 0 bridgehead atoms. The summed E-state index contributed by atoms with van der Waals surface area (Å²) in [5.41, 5.74) is 1.10. The van der Waals surface area contributed by atoms with Crippen molar-refractivity contribution in [3.8, 4) is 5.82 Å². The van der Waals surface area contributed by atoms with Crippen LogP contribution < -0.4 is 10.6 Å². The van der Waals surface area contributed by atoms with Crippen LogP contribution in [0.3, 0.4) is 0 Å². The van der Waals surface area contributed by atoms with Crippen LogP contribution in [0, 0.1) is 0 Å². The van der Waals surface area contributed by atoms with Crippen molar-refractivity contribution in [1.82, 2.24) is 30.3 Å². The quantitative estimate of drug-likeness (QED) is 0.253. The Morgan fingerprint density at radius 2 is 2.06 bits per heavy atom. The first-order chi connectivity index (χ1) is 14.8. The van der Waals surface area contributed by atoms with Crippen molar-refractivity contribution in [3.63, 3.8) is 0 Å². The third-order valence-electron chi connectivity index (χ3n) is 5.23. The first-order valence-corrected chi connectivity index (χ1v) is 11.5. The van der Waals surface area contributed by atoms with Gasteiger partial charge in [0, 0.05) is 36.6 Å². The molecule has 3 aromatic heterocycles. The molecule has 9 heteroatoms. The van der Waals surface area contributed by atoms with Crippen molar-refractivity contribution < 1.29 is 0 Å². The van der Waals surface area contributed by atoms with Crippen LogP contribution in [0.5, 0.6) is 0 Å². The highest BCUT2D eigenvalue weighted by Crippen LogP contribution is 2.27. The van der Waals surface area contributed by atoms with Gasteiger partial charge >= 0.3 is 0 Å². The second-order valence-electron chi connectivity index (χ2n) is 7.32. The molecule has 0 amide bonds. The van der Waals surface area contributed by atoms with Gasteiger partial charge in [-0.1, -0.05) is 6.07 Å². The van der Waals surface area contributed by atoms with E-state index in [0.717, 1.165) is 30.4 Å². The molecule has 166 valence electrons. The number of aromatic nitrogens is 3. The zero-order chi connectivity index (χ0) is 20.6. The van der Waals surface area contributed by atoms with Crippen LogP contribution in [-0.4, -0.2) is 51.8 Å². The normalized spacial score (nSPS) is 15.5. The van der Waals surface area contributed by atoms with E-state index < -0.39 is 0 Å². The Bertz CT molecular complexity index is 921. The molecule has 7 nitrogen and oxygen atoms in total. The van der Waals surface area contributed by atoms with Crippen molar-refractivity contribution in [2.45, 2.75) is 32.4 Å². The van der Waals surface area contributed by atoms with Gasteiger partial charge < -0.3 is 10.6 Å². The highest BCUT2D eigenvalue weighted by molar-refractivity contribution is 14.0. The van der Waals surface area contributed by atoms with E-state index in [1.807, 2.05) is 41.9 Å². The fourth-order valence-corrected chi connectivity index (χ4v) is 4.60. The maximum absolute atomic E-state index is 4.81. The number of nitrogens with zero attached hydrogens (tertiary/aromatic N) is 5. The van der Waals surface area contributed by atoms with Crippen LogP contribution in [0.25, 0.3) is 5.82 Å². The maximum atomic E-state index is 4.81. The average Bonchev–Trinajstić information content (AvgIpc) is 3.56. The summed E-state index contributed by atoms with van der Waals surface area (Å²) in [5, 5.41) is 13.4. The predicted octanol–water partition coefficient (Wildman–Crippen LogP) is 3.84. The summed E-state index contributed by atoms with van der Waals surface area (Å²) >= 11 is 1.84. The number of likely N-dealkylation sites (tertiary alicyclic amines) is 1. The van der Waals surface area contributed by atoms with Crippen LogP contribution in [-0.2, 0) is 6.54 Å². The van der Waals surface area contributed by atoms with E-state index in [4.69, 9.17) is 4.99 Å². The molecule has 4 rings (SSSR count). The van der Waals surface area contributed by atoms with Gasteiger partial charge in [-0.25, -0.2) is 14.7 Å². The Morgan fingerprint density at radius 3 is 2.77 bits per heavy atom. The van der Waals surface area contributed by atoms with E-state index in [-0.39, 0.29) is 24.0 Å². The van der Waals surface area contributed by atoms with Gasteiger partial charge in [-0.3, -0.25) is 4.90 Å². The van der Waals surface area contributed by atoms with Gasteiger partial charge in [0.25, 0.3) is 0 Å². The first-order valence-electron chi connectivity index (χ1n) is 10.6. The molecular weight excluding hydrogens is 521 g/mol. The van der Waals surface area contributed by atoms with Crippen LogP contribution in [0.15, 0.2) is 59.3 Å². The van der Waals surface area contributed by atoms with Gasteiger partial charge in [0.15, 0.2) is 11.8 Å². The largest absolute Gasteiger partial charge is 0.357 e. The van der Waals surface area contributed by atoms with Gasteiger partial charge in [-0.05, 0) is 68.1 Å². The second-order valence-corrected chi connectivity index (χ2v) is 8.30. The van der Waals surface area contributed by atoms with E-state index >= 15 is 0 Å². The topological polar surface area (TPSA) is 70.4 Å². The van der Waals surface area contributed by atoms with Crippen LogP contribution in [0.1, 0.15) is 36.2 Å². The van der Waals surface area contributed by atoms with E-state index in [2.05, 4.69) is 50.1 Å². The summed E-state index contributed by atoms with van der Waals surface area (Å²) in [6.45, 7) is 6.70. The van der Waals surface area contributed by atoms with Gasteiger partial charge in [-0.15, -0.1) is 35.3 Å². The fourth-order valence-electron chi connectivity index (χ4n) is 3.74. The summed E-state index contributed by atoms with van der Waals surface area (Å²) in [5.74, 6) is 1.65. The van der Waals surface area contributed by atoms with Crippen LogP contribution in [0.4, 0.5) is 0 Å². The molecule has 3 aromatic rings. The highest BCUT2D eigenvalue weighted by Gasteiger charge is 2.24. The minimum absolute atomic E-state index is 0. The van der Waals surface area contributed by atoms with E-state index in [1.54, 1.807) is 10.9 Å². The third kappa shape index (κ3) is 6.50. The number of pyridine rings is 1. The Morgan fingerprint density at radius 1 is 1.19 bits per heavy atom. The van der Waals surface area contributed by atoms with Gasteiger partial charge in [0.05, 0.1) is 12.6 Å². The van der Waals surface area contributed by atoms with Crippen LogP contribution >= 0.6 is 35.3 Å². The van der Waals surface area contributed by atoms with Gasteiger partial charge in [0.1, 0.15) is 0 Å². The Balaban J connectivity index is 0.00000272. The lowest BCUT2D eigenvalue weighted by Crippen LogP contribution is -2.42. The van der Waals surface area contributed by atoms with Crippen molar-refractivity contribution in [2.75, 3.05) is 26.2 Å². The lowest BCUT2D eigenvalue weighted by Gasteiger charge is -2.27. The summed E-state index contributed by atoms with van der Waals surface area (Å²) in [6, 6.07) is 10.7. The molecule has 1 atom stereocenters. The number of halogens is 1. The third-order valence-corrected chi connectivity index (χ3v) is 6.20. The minimum Gasteiger partial charge on any atom is -0.357 e. The summed E-state index contributed by atoms with van der Waals surface area (Å²) < 4.78 is 1.76. The van der Waals surface area contributed by atoms with Crippen molar-refractivity contribution in [2.24, 2.45) is 4.99 Å². The fraction of sp³-hybridized carbons (Fsp3) is 0.409. The Kier molecular flexibility index (Phi) is 9.29. The molecule has 1 saturated heterocycles. The Labute approximate surface area is 205 Å². The molecular formula is C22H30IN7S. The van der Waals surface area contributed by atoms with E-state index in [9.17, 15) is 0 Å². The highest BCUT2D eigenvalue weighted by atomic mass is 127. The van der Waals surface area contributed by atoms with Crippen LogP contribution in [0.2, 0.25) is 0 Å².